The Kier molecular flexibility index (Phi) is 4.14. The van der Waals surface area contributed by atoms with Crippen molar-refractivity contribution in [3.63, 3.8) is 0 Å². The Morgan fingerprint density at radius 3 is 2.74 bits per heavy atom. The maximum atomic E-state index is 5.95. The summed E-state index contributed by atoms with van der Waals surface area (Å²) in [6, 6.07) is 0. The van der Waals surface area contributed by atoms with Gasteiger partial charge in [0.1, 0.15) is 5.60 Å². The maximum absolute atomic E-state index is 5.95. The first-order valence-electron chi connectivity index (χ1n) is 8.22. The van der Waals surface area contributed by atoms with Crippen molar-refractivity contribution in [2.45, 2.75) is 52.3 Å². The van der Waals surface area contributed by atoms with Crippen LogP contribution in [0.4, 0.5) is 5.95 Å². The number of ether oxygens (including phenoxy) is 1. The van der Waals surface area contributed by atoms with E-state index in [1.807, 2.05) is 25.0 Å². The van der Waals surface area contributed by atoms with Gasteiger partial charge in [-0.25, -0.2) is 0 Å². The second kappa shape index (κ2) is 5.96. The zero-order valence-corrected chi connectivity index (χ0v) is 14.7. The third-order valence-electron chi connectivity index (χ3n) is 4.83. The number of aromatic nitrogens is 5. The van der Waals surface area contributed by atoms with Gasteiger partial charge < -0.3 is 9.64 Å². The summed E-state index contributed by atoms with van der Waals surface area (Å²) >= 11 is 0. The summed E-state index contributed by atoms with van der Waals surface area (Å²) in [5, 5.41) is 13.2. The quantitative estimate of drug-likeness (QED) is 0.844. The fourth-order valence-corrected chi connectivity index (χ4v) is 3.24. The second-order valence-electron chi connectivity index (χ2n) is 6.49. The third-order valence-corrected chi connectivity index (χ3v) is 4.83. The van der Waals surface area contributed by atoms with Gasteiger partial charge in [-0.3, -0.25) is 9.25 Å². The second-order valence-corrected chi connectivity index (χ2v) is 6.49. The zero-order valence-electron chi connectivity index (χ0n) is 14.7. The summed E-state index contributed by atoms with van der Waals surface area (Å²) in [5.74, 6) is 1.81. The lowest BCUT2D eigenvalue weighted by Gasteiger charge is -2.24. The first-order valence-corrected chi connectivity index (χ1v) is 8.22. The van der Waals surface area contributed by atoms with Crippen LogP contribution in [0.1, 0.15) is 43.8 Å². The molecule has 0 N–H and O–H groups in total. The summed E-state index contributed by atoms with van der Waals surface area (Å²) in [5.41, 5.74) is 2.06. The molecule has 1 saturated heterocycles. The van der Waals surface area contributed by atoms with E-state index >= 15 is 0 Å². The van der Waals surface area contributed by atoms with E-state index in [4.69, 9.17) is 4.74 Å². The lowest BCUT2D eigenvalue weighted by molar-refractivity contribution is 0.00640. The van der Waals surface area contributed by atoms with Gasteiger partial charge in [-0.15, -0.1) is 10.2 Å². The summed E-state index contributed by atoms with van der Waals surface area (Å²) < 4.78 is 10.0. The molecule has 0 aliphatic carbocycles. The fraction of sp³-hybridized carbons (Fsp3) is 0.688. The molecule has 1 aliphatic rings. The van der Waals surface area contributed by atoms with E-state index in [2.05, 4.69) is 45.5 Å². The molecule has 7 heteroatoms. The molecule has 0 saturated carbocycles. The van der Waals surface area contributed by atoms with Crippen LogP contribution in [0.25, 0.3) is 0 Å². The summed E-state index contributed by atoms with van der Waals surface area (Å²) in [6.07, 6.45) is 3.99. The van der Waals surface area contributed by atoms with Gasteiger partial charge in [0.15, 0.2) is 5.82 Å². The Morgan fingerprint density at radius 2 is 2.17 bits per heavy atom. The number of nitrogens with zero attached hydrogens (tertiary/aromatic N) is 6. The van der Waals surface area contributed by atoms with Crippen molar-refractivity contribution in [3.05, 3.63) is 23.3 Å². The first-order chi connectivity index (χ1) is 11.0. The molecule has 7 nitrogen and oxygen atoms in total. The van der Waals surface area contributed by atoms with Crippen LogP contribution in [0, 0.1) is 6.92 Å². The van der Waals surface area contributed by atoms with E-state index in [1.165, 1.54) is 11.3 Å². The summed E-state index contributed by atoms with van der Waals surface area (Å²) in [7, 11) is 4.01. The van der Waals surface area contributed by atoms with Gasteiger partial charge in [-0.2, -0.15) is 5.10 Å². The average Bonchev–Trinajstić information content (AvgIpc) is 3.22. The van der Waals surface area contributed by atoms with Crippen LogP contribution >= 0.6 is 0 Å². The van der Waals surface area contributed by atoms with Crippen molar-refractivity contribution in [2.75, 3.05) is 18.6 Å². The molecule has 0 spiro atoms. The smallest absolute Gasteiger partial charge is 0.227 e. The minimum Gasteiger partial charge on any atom is -0.367 e. The maximum Gasteiger partial charge on any atom is 0.227 e. The first kappa shape index (κ1) is 16.0. The molecule has 3 rings (SSSR count). The summed E-state index contributed by atoms with van der Waals surface area (Å²) in [6.45, 7) is 8.71. The van der Waals surface area contributed by atoms with Crippen LogP contribution in [0.15, 0.2) is 6.20 Å². The van der Waals surface area contributed by atoms with Gasteiger partial charge in [0.05, 0.1) is 6.20 Å². The molecule has 0 aromatic carbocycles. The Bertz CT molecular complexity index is 683. The number of hydrogen-bond acceptors (Lipinski definition) is 5. The lowest BCUT2D eigenvalue weighted by atomic mass is 10.0. The normalized spacial score (nSPS) is 21.1. The molecule has 1 atom stereocenters. The van der Waals surface area contributed by atoms with E-state index in [1.54, 1.807) is 0 Å². The molecule has 126 valence electrons. The molecule has 2 aromatic heterocycles. The molecule has 0 radical (unpaired) electrons. The predicted molar refractivity (Wildman–Crippen MR) is 88.3 cm³/mol. The van der Waals surface area contributed by atoms with Crippen molar-refractivity contribution in [3.8, 4) is 0 Å². The van der Waals surface area contributed by atoms with Crippen LogP contribution < -0.4 is 4.90 Å². The monoisotopic (exact) mass is 318 g/mol. The van der Waals surface area contributed by atoms with Gasteiger partial charge in [-0.1, -0.05) is 0 Å². The largest absolute Gasteiger partial charge is 0.367 e. The van der Waals surface area contributed by atoms with E-state index in [0.29, 0.717) is 0 Å². The highest BCUT2D eigenvalue weighted by Crippen LogP contribution is 2.35. The molecule has 0 bridgehead atoms. The van der Waals surface area contributed by atoms with E-state index in [-0.39, 0.29) is 5.60 Å². The van der Waals surface area contributed by atoms with Crippen molar-refractivity contribution in [2.24, 2.45) is 7.05 Å². The number of aryl methyl sites for hydroxylation is 1. The van der Waals surface area contributed by atoms with Crippen LogP contribution in [-0.2, 0) is 30.5 Å². The van der Waals surface area contributed by atoms with E-state index in [9.17, 15) is 0 Å². The molecular formula is C16H26N6O. The molecule has 1 unspecified atom stereocenters. The molecule has 2 aromatic rings. The minimum absolute atomic E-state index is 0.313. The lowest BCUT2D eigenvalue weighted by Crippen LogP contribution is -2.27. The molecule has 0 amide bonds. The van der Waals surface area contributed by atoms with Gasteiger partial charge in [0.25, 0.3) is 0 Å². The minimum atomic E-state index is -0.313. The standard InChI is InChI=1S/C16H26N6O/c1-6-22-14(16(3)8-7-9-23-16)18-19-15(22)20(4)11-13-10-17-21(5)12(13)2/h10H,6-9,11H2,1-5H3. The van der Waals surface area contributed by atoms with Crippen molar-refractivity contribution in [1.82, 2.24) is 24.5 Å². The van der Waals surface area contributed by atoms with Crippen LogP contribution in [-0.4, -0.2) is 38.2 Å². The third kappa shape index (κ3) is 2.73. The summed E-state index contributed by atoms with van der Waals surface area (Å²) in [4.78, 5) is 2.13. The molecule has 1 fully saturated rings. The zero-order chi connectivity index (χ0) is 16.6. The SMILES string of the molecule is CCn1c(N(C)Cc2cnn(C)c2C)nnc1C1(C)CCCO1. The number of rotatable bonds is 5. The number of anilines is 1. The topological polar surface area (TPSA) is 61.0 Å². The highest BCUT2D eigenvalue weighted by molar-refractivity contribution is 5.34. The predicted octanol–water partition coefficient (Wildman–Crippen LogP) is 2.00. The fourth-order valence-electron chi connectivity index (χ4n) is 3.24. The molecule has 3 heterocycles. The van der Waals surface area contributed by atoms with Crippen molar-refractivity contribution in [1.29, 1.82) is 0 Å². The van der Waals surface area contributed by atoms with Gasteiger partial charge in [0, 0.05) is 45.0 Å². The van der Waals surface area contributed by atoms with Crippen molar-refractivity contribution < 1.29 is 4.74 Å². The number of hydrogen-bond donors (Lipinski definition) is 0. The van der Waals surface area contributed by atoms with Crippen LogP contribution in [0.3, 0.4) is 0 Å². The molecular weight excluding hydrogens is 292 g/mol. The van der Waals surface area contributed by atoms with E-state index in [0.717, 1.165) is 44.3 Å². The Balaban J connectivity index is 1.88. The Hall–Kier alpha value is -1.89. The van der Waals surface area contributed by atoms with Crippen molar-refractivity contribution >= 4 is 5.95 Å². The van der Waals surface area contributed by atoms with Gasteiger partial charge >= 0.3 is 0 Å². The highest BCUT2D eigenvalue weighted by Gasteiger charge is 2.37. The van der Waals surface area contributed by atoms with Crippen LogP contribution in [0.2, 0.25) is 0 Å². The average molecular weight is 318 g/mol. The molecule has 23 heavy (non-hydrogen) atoms. The molecule has 1 aliphatic heterocycles. The Morgan fingerprint density at radius 1 is 1.39 bits per heavy atom. The van der Waals surface area contributed by atoms with Gasteiger partial charge in [-0.05, 0) is 33.6 Å². The van der Waals surface area contributed by atoms with Gasteiger partial charge in [0.2, 0.25) is 5.95 Å². The highest BCUT2D eigenvalue weighted by atomic mass is 16.5. The Labute approximate surface area is 137 Å². The van der Waals surface area contributed by atoms with E-state index < -0.39 is 0 Å². The van der Waals surface area contributed by atoms with Crippen LogP contribution in [0.5, 0.6) is 0 Å².